The number of rotatable bonds is 2. The Morgan fingerprint density at radius 2 is 1.79 bits per heavy atom. The van der Waals surface area contributed by atoms with Gasteiger partial charge in [0.2, 0.25) is 12.2 Å². The highest BCUT2D eigenvalue weighted by Crippen LogP contribution is 2.38. The van der Waals surface area contributed by atoms with Crippen molar-refractivity contribution in [2.45, 2.75) is 18.8 Å². The van der Waals surface area contributed by atoms with Gasteiger partial charge in [0.05, 0.1) is 29.3 Å². The van der Waals surface area contributed by atoms with Crippen LogP contribution in [-0.2, 0) is 6.42 Å². The Morgan fingerprint density at radius 3 is 2.50 bits per heavy atom. The number of nitrogens with zero attached hydrogens (tertiary/aromatic N) is 1. The summed E-state index contributed by atoms with van der Waals surface area (Å²) in [5.74, 6) is 1.23. The number of carbonyl (C=O) groups excluding carboxylic acids is 1. The normalized spacial score (nSPS) is 17.6. The Morgan fingerprint density at radius 1 is 1.07 bits per heavy atom. The molecule has 7 nitrogen and oxygen atoms in total. The second kappa shape index (κ2) is 6.02. The maximum Gasteiger partial charge on any atom is 0.231 e. The fourth-order valence-corrected chi connectivity index (χ4v) is 4.02. The number of benzene rings is 2. The Balaban J connectivity index is 1.66. The second-order valence-corrected chi connectivity index (χ2v) is 6.99. The van der Waals surface area contributed by atoms with Gasteiger partial charge in [0, 0.05) is 12.5 Å². The van der Waals surface area contributed by atoms with Crippen LogP contribution in [0.15, 0.2) is 41.2 Å². The van der Waals surface area contributed by atoms with Crippen molar-refractivity contribution >= 4 is 16.7 Å². The van der Waals surface area contributed by atoms with Crippen molar-refractivity contribution in [1.29, 1.82) is 0 Å². The van der Waals surface area contributed by atoms with E-state index in [0.717, 1.165) is 16.0 Å². The molecule has 2 heterocycles. The number of ether oxygens (including phenoxy) is 3. The molecule has 2 aliphatic rings. The van der Waals surface area contributed by atoms with Crippen LogP contribution in [0.4, 0.5) is 0 Å². The molecule has 7 heteroatoms. The average Bonchev–Trinajstić information content (AvgIpc) is 3.18. The van der Waals surface area contributed by atoms with Gasteiger partial charge in [-0.3, -0.25) is 9.59 Å². The van der Waals surface area contributed by atoms with E-state index < -0.39 is 0 Å². The Kier molecular flexibility index (Phi) is 3.58. The van der Waals surface area contributed by atoms with Crippen LogP contribution < -0.4 is 19.6 Å². The van der Waals surface area contributed by atoms with E-state index in [2.05, 4.69) is 0 Å². The molecule has 28 heavy (non-hydrogen) atoms. The minimum Gasteiger partial charge on any atom is -0.497 e. The van der Waals surface area contributed by atoms with E-state index in [0.29, 0.717) is 29.1 Å². The van der Waals surface area contributed by atoms with E-state index in [4.69, 9.17) is 14.2 Å². The quantitative estimate of drug-likeness (QED) is 0.689. The van der Waals surface area contributed by atoms with Gasteiger partial charge in [-0.05, 0) is 36.1 Å². The Hall–Kier alpha value is -3.48. The summed E-state index contributed by atoms with van der Waals surface area (Å²) >= 11 is 0. The van der Waals surface area contributed by atoms with Crippen LogP contribution in [0.25, 0.3) is 10.9 Å². The summed E-state index contributed by atoms with van der Waals surface area (Å²) in [5, 5.41) is 11.1. The molecular formula is C21H17NO6. The number of pyridine rings is 1. The fourth-order valence-electron chi connectivity index (χ4n) is 4.02. The van der Waals surface area contributed by atoms with Crippen LogP contribution in [-0.4, -0.2) is 29.6 Å². The number of fused-ring (bicyclic) bond motifs is 3. The average molecular weight is 379 g/mol. The number of methoxy groups -OCH3 is 1. The first kappa shape index (κ1) is 16.7. The van der Waals surface area contributed by atoms with Gasteiger partial charge in [-0.2, -0.15) is 4.73 Å². The van der Waals surface area contributed by atoms with Crippen LogP contribution in [0.3, 0.4) is 0 Å². The number of ketones is 1. The van der Waals surface area contributed by atoms with Gasteiger partial charge in [-0.15, -0.1) is 0 Å². The lowest BCUT2D eigenvalue weighted by molar-refractivity contribution is 0.0949. The molecule has 5 rings (SSSR count). The number of aromatic nitrogens is 1. The van der Waals surface area contributed by atoms with Crippen molar-refractivity contribution in [3.8, 4) is 17.2 Å². The van der Waals surface area contributed by atoms with Crippen LogP contribution in [0.1, 0.15) is 34.0 Å². The molecule has 1 aliphatic heterocycles. The second-order valence-electron chi connectivity index (χ2n) is 6.99. The van der Waals surface area contributed by atoms with Crippen molar-refractivity contribution in [1.82, 2.24) is 4.73 Å². The molecule has 0 amide bonds. The number of Topliss-reactive ketones (excluding diaryl/α,β-unsaturated/α-hetero) is 1. The molecule has 0 radical (unpaired) electrons. The number of carbonyl (C=O) groups is 1. The summed E-state index contributed by atoms with van der Waals surface area (Å²) in [6.45, 7) is 0.0590. The predicted octanol–water partition coefficient (Wildman–Crippen LogP) is 2.89. The minimum absolute atomic E-state index is 0.0543. The zero-order valence-corrected chi connectivity index (χ0v) is 15.1. The van der Waals surface area contributed by atoms with Crippen LogP contribution >= 0.6 is 0 Å². The molecule has 0 spiro atoms. The van der Waals surface area contributed by atoms with Gasteiger partial charge < -0.3 is 19.4 Å². The molecule has 1 aromatic heterocycles. The molecule has 0 saturated carbocycles. The first-order valence-electron chi connectivity index (χ1n) is 8.94. The monoisotopic (exact) mass is 379 g/mol. The fraction of sp³-hybridized carbons (Fsp3) is 0.238. The van der Waals surface area contributed by atoms with Crippen molar-refractivity contribution in [2.24, 2.45) is 0 Å². The van der Waals surface area contributed by atoms with E-state index in [-0.39, 0.29) is 41.3 Å². The summed E-state index contributed by atoms with van der Waals surface area (Å²) in [6, 6.07) is 10.6. The minimum atomic E-state index is -0.383. The van der Waals surface area contributed by atoms with Gasteiger partial charge in [0.1, 0.15) is 5.75 Å². The standard InChI is InChI=1S/C21H17NO6/c1-26-13-4-2-11(3-5-13)12-6-16-20(17(23)7-12)21(24)14-8-18-19(28-10-27-18)9-15(14)22(16)25/h2-5,8-9,12,25H,6-7,10H2,1H3/t12-/m0/s1. The molecule has 0 fully saturated rings. The topological polar surface area (TPSA) is 87.0 Å². The van der Waals surface area contributed by atoms with Crippen molar-refractivity contribution < 1.29 is 24.2 Å². The van der Waals surface area contributed by atoms with Crippen molar-refractivity contribution in [3.63, 3.8) is 0 Å². The third kappa shape index (κ3) is 2.36. The van der Waals surface area contributed by atoms with E-state index in [1.54, 1.807) is 13.2 Å². The third-order valence-electron chi connectivity index (χ3n) is 5.47. The van der Waals surface area contributed by atoms with Gasteiger partial charge in [-0.1, -0.05) is 12.1 Å². The maximum atomic E-state index is 13.0. The molecule has 0 bridgehead atoms. The summed E-state index contributed by atoms with van der Waals surface area (Å²) in [7, 11) is 1.59. The molecule has 1 atom stereocenters. The van der Waals surface area contributed by atoms with Gasteiger partial charge in [0.15, 0.2) is 17.3 Å². The highest BCUT2D eigenvalue weighted by Gasteiger charge is 2.33. The summed E-state index contributed by atoms with van der Waals surface area (Å²) in [6.07, 6.45) is 0.591. The molecule has 1 N–H and O–H groups in total. The van der Waals surface area contributed by atoms with Crippen molar-refractivity contribution in [3.05, 3.63) is 63.4 Å². The zero-order chi connectivity index (χ0) is 19.4. The lowest BCUT2D eigenvalue weighted by Gasteiger charge is -2.25. The van der Waals surface area contributed by atoms with Gasteiger partial charge in [-0.25, -0.2) is 0 Å². The Bertz CT molecular complexity index is 1180. The molecule has 2 aromatic carbocycles. The van der Waals surface area contributed by atoms with Crippen LogP contribution in [0.5, 0.6) is 17.2 Å². The number of hydrogen-bond acceptors (Lipinski definition) is 6. The van der Waals surface area contributed by atoms with Gasteiger partial charge in [0.25, 0.3) is 0 Å². The smallest absolute Gasteiger partial charge is 0.231 e. The zero-order valence-electron chi connectivity index (χ0n) is 15.1. The third-order valence-corrected chi connectivity index (χ3v) is 5.47. The van der Waals surface area contributed by atoms with Crippen LogP contribution in [0, 0.1) is 0 Å². The molecule has 0 saturated heterocycles. The largest absolute Gasteiger partial charge is 0.497 e. The molecule has 1 aliphatic carbocycles. The van der Waals surface area contributed by atoms with Crippen molar-refractivity contribution in [2.75, 3.05) is 13.9 Å². The summed E-state index contributed by atoms with van der Waals surface area (Å²) < 4.78 is 16.8. The molecular weight excluding hydrogens is 362 g/mol. The highest BCUT2D eigenvalue weighted by molar-refractivity contribution is 6.02. The van der Waals surface area contributed by atoms with E-state index in [1.165, 1.54) is 6.07 Å². The van der Waals surface area contributed by atoms with Crippen LogP contribution in [0.2, 0.25) is 0 Å². The maximum absolute atomic E-state index is 13.0. The predicted molar refractivity (Wildman–Crippen MR) is 99.9 cm³/mol. The first-order valence-corrected chi connectivity index (χ1v) is 8.94. The summed E-state index contributed by atoms with van der Waals surface area (Å²) in [5.41, 5.74) is 1.26. The Labute approximate surface area is 159 Å². The van der Waals surface area contributed by atoms with E-state index >= 15 is 0 Å². The summed E-state index contributed by atoms with van der Waals surface area (Å²) in [4.78, 5) is 25.8. The molecule has 142 valence electrons. The molecule has 0 unspecified atom stereocenters. The lowest BCUT2D eigenvalue weighted by atomic mass is 9.81. The SMILES string of the molecule is COc1ccc([C@@H]2CC(=O)c3c(n(O)c4cc5c(cc4c3=O)OCO5)C2)cc1. The highest BCUT2D eigenvalue weighted by atomic mass is 16.7. The van der Waals surface area contributed by atoms with E-state index in [1.807, 2.05) is 24.3 Å². The number of hydrogen-bond donors (Lipinski definition) is 1. The first-order chi connectivity index (χ1) is 13.6. The molecule has 3 aromatic rings. The van der Waals surface area contributed by atoms with E-state index in [9.17, 15) is 14.8 Å². The lowest BCUT2D eigenvalue weighted by Crippen LogP contribution is -2.30. The van der Waals surface area contributed by atoms with Gasteiger partial charge >= 0.3 is 0 Å².